The van der Waals surface area contributed by atoms with Gasteiger partial charge in [-0.2, -0.15) is 5.10 Å². The zero-order chi connectivity index (χ0) is 17.2. The zero-order valence-corrected chi connectivity index (χ0v) is 14.9. The molecule has 1 aromatic heterocycles. The van der Waals surface area contributed by atoms with Gasteiger partial charge < -0.3 is 9.64 Å². The van der Waals surface area contributed by atoms with Gasteiger partial charge in [0.1, 0.15) is 12.4 Å². The summed E-state index contributed by atoms with van der Waals surface area (Å²) < 4.78 is 5.74. The summed E-state index contributed by atoms with van der Waals surface area (Å²) in [5, 5.41) is 8.26. The molecule has 5 nitrogen and oxygen atoms in total. The molecule has 1 aromatic carbocycles. The summed E-state index contributed by atoms with van der Waals surface area (Å²) >= 11 is 6.08. The van der Waals surface area contributed by atoms with Crippen molar-refractivity contribution in [2.24, 2.45) is 0 Å². The van der Waals surface area contributed by atoms with Gasteiger partial charge in [-0.05, 0) is 49.4 Å². The number of nitrogens with zero attached hydrogens (tertiary/aromatic N) is 2. The minimum atomic E-state index is 0.143. The Kier molecular flexibility index (Phi) is 4.66. The molecule has 0 bridgehead atoms. The van der Waals surface area contributed by atoms with Crippen LogP contribution in [0.1, 0.15) is 41.8 Å². The smallest absolute Gasteiger partial charge is 0.223 e. The molecule has 2 aliphatic rings. The Labute approximate surface area is 152 Å². The number of hydrogen-bond acceptors (Lipinski definition) is 3. The number of aromatic nitrogens is 2. The van der Waals surface area contributed by atoms with Crippen molar-refractivity contribution >= 4 is 17.5 Å². The van der Waals surface area contributed by atoms with E-state index in [4.69, 9.17) is 16.3 Å². The molecule has 0 saturated heterocycles. The summed E-state index contributed by atoms with van der Waals surface area (Å²) in [4.78, 5) is 14.6. The summed E-state index contributed by atoms with van der Waals surface area (Å²) in [6.07, 6.45) is 5.78. The Morgan fingerprint density at radius 2 is 2.20 bits per heavy atom. The number of amides is 1. The number of benzene rings is 1. The van der Waals surface area contributed by atoms with E-state index in [0.717, 1.165) is 29.8 Å². The number of nitrogens with one attached hydrogen (secondary N) is 1. The molecule has 25 heavy (non-hydrogen) atoms. The predicted octanol–water partition coefficient (Wildman–Crippen LogP) is 3.30. The van der Waals surface area contributed by atoms with Gasteiger partial charge in [0.05, 0.1) is 12.2 Å². The maximum absolute atomic E-state index is 12.7. The van der Waals surface area contributed by atoms with Crippen molar-refractivity contribution in [3.8, 4) is 5.75 Å². The molecule has 132 valence electrons. The Balaban J connectivity index is 1.42. The van der Waals surface area contributed by atoms with Crippen LogP contribution in [0, 0.1) is 0 Å². The Morgan fingerprint density at radius 3 is 3.12 bits per heavy atom. The standard InChI is InChI=1S/C19H22ClN3O2/c20-14-5-7-18-13(11-14)12-23(9-10-25-18)19(24)8-6-17-15-3-1-2-4-16(15)21-22-17/h5,7,11H,1-4,6,8-10,12H2,(H,21,22). The first-order valence-corrected chi connectivity index (χ1v) is 9.32. The number of rotatable bonds is 3. The second-order valence-corrected chi connectivity index (χ2v) is 7.19. The monoisotopic (exact) mass is 359 g/mol. The molecule has 0 spiro atoms. The van der Waals surface area contributed by atoms with E-state index < -0.39 is 0 Å². The summed E-state index contributed by atoms with van der Waals surface area (Å²) in [5.41, 5.74) is 4.64. The summed E-state index contributed by atoms with van der Waals surface area (Å²) in [7, 11) is 0. The highest BCUT2D eigenvalue weighted by Crippen LogP contribution is 2.27. The zero-order valence-electron chi connectivity index (χ0n) is 14.2. The number of hydrogen-bond donors (Lipinski definition) is 1. The third-order valence-corrected chi connectivity index (χ3v) is 5.31. The molecule has 0 saturated carbocycles. The SMILES string of the molecule is O=C(CCc1n[nH]c2c1CCCC2)N1CCOc2ccc(Cl)cc2C1. The molecule has 1 amide bonds. The van der Waals surface area contributed by atoms with Gasteiger partial charge in [-0.3, -0.25) is 9.89 Å². The number of halogens is 1. The molecule has 2 aromatic rings. The van der Waals surface area contributed by atoms with Crippen molar-refractivity contribution in [3.05, 3.63) is 45.7 Å². The van der Waals surface area contributed by atoms with Crippen LogP contribution in [-0.2, 0) is 30.6 Å². The van der Waals surface area contributed by atoms with E-state index in [1.165, 1.54) is 24.1 Å². The van der Waals surface area contributed by atoms with Crippen molar-refractivity contribution in [1.29, 1.82) is 0 Å². The molecule has 0 unspecified atom stereocenters. The van der Waals surface area contributed by atoms with Crippen LogP contribution < -0.4 is 4.74 Å². The number of aryl methyl sites for hydroxylation is 2. The molecule has 1 aliphatic heterocycles. The lowest BCUT2D eigenvalue weighted by Crippen LogP contribution is -2.32. The lowest BCUT2D eigenvalue weighted by atomic mass is 9.94. The third-order valence-electron chi connectivity index (χ3n) is 5.07. The lowest BCUT2D eigenvalue weighted by Gasteiger charge is -2.20. The number of aromatic amines is 1. The van der Waals surface area contributed by atoms with Crippen LogP contribution in [-0.4, -0.2) is 34.2 Å². The first-order chi connectivity index (χ1) is 12.2. The van der Waals surface area contributed by atoms with Crippen molar-refractivity contribution in [2.45, 2.75) is 45.1 Å². The summed E-state index contributed by atoms with van der Waals surface area (Å²) in [5.74, 6) is 0.963. The minimum Gasteiger partial charge on any atom is -0.491 e. The van der Waals surface area contributed by atoms with Crippen LogP contribution in [0.4, 0.5) is 0 Å². The van der Waals surface area contributed by atoms with Crippen LogP contribution in [0.5, 0.6) is 5.75 Å². The quantitative estimate of drug-likeness (QED) is 0.914. The normalized spacial score (nSPS) is 16.6. The first kappa shape index (κ1) is 16.5. The number of H-pyrrole nitrogens is 1. The van der Waals surface area contributed by atoms with Gasteiger partial charge >= 0.3 is 0 Å². The molecule has 0 radical (unpaired) electrons. The highest BCUT2D eigenvalue weighted by Gasteiger charge is 2.22. The maximum atomic E-state index is 12.7. The molecular formula is C19H22ClN3O2. The van der Waals surface area contributed by atoms with Crippen LogP contribution in [0.25, 0.3) is 0 Å². The number of fused-ring (bicyclic) bond motifs is 2. The van der Waals surface area contributed by atoms with Gasteiger partial charge in [0.15, 0.2) is 0 Å². The van der Waals surface area contributed by atoms with Gasteiger partial charge in [-0.15, -0.1) is 0 Å². The van der Waals surface area contributed by atoms with E-state index in [1.807, 2.05) is 23.1 Å². The van der Waals surface area contributed by atoms with E-state index in [9.17, 15) is 4.79 Å². The summed E-state index contributed by atoms with van der Waals surface area (Å²) in [6.45, 7) is 1.66. The lowest BCUT2D eigenvalue weighted by molar-refractivity contribution is -0.131. The fourth-order valence-electron chi connectivity index (χ4n) is 3.72. The van der Waals surface area contributed by atoms with Gasteiger partial charge in [-0.25, -0.2) is 0 Å². The van der Waals surface area contributed by atoms with E-state index in [2.05, 4.69) is 10.2 Å². The van der Waals surface area contributed by atoms with Crippen molar-refractivity contribution in [2.75, 3.05) is 13.2 Å². The van der Waals surface area contributed by atoms with E-state index >= 15 is 0 Å². The van der Waals surface area contributed by atoms with Crippen LogP contribution in [0.3, 0.4) is 0 Å². The molecule has 0 fully saturated rings. The van der Waals surface area contributed by atoms with Gasteiger partial charge in [0.25, 0.3) is 0 Å². The molecule has 6 heteroatoms. The molecule has 1 N–H and O–H groups in total. The highest BCUT2D eigenvalue weighted by atomic mass is 35.5. The topological polar surface area (TPSA) is 58.2 Å². The van der Waals surface area contributed by atoms with Crippen molar-refractivity contribution in [3.63, 3.8) is 0 Å². The molecule has 1 aliphatic carbocycles. The predicted molar refractivity (Wildman–Crippen MR) is 95.9 cm³/mol. The third kappa shape index (κ3) is 3.52. The fraction of sp³-hybridized carbons (Fsp3) is 0.474. The summed E-state index contributed by atoms with van der Waals surface area (Å²) in [6, 6.07) is 5.58. The van der Waals surface area contributed by atoms with Crippen molar-refractivity contribution < 1.29 is 9.53 Å². The van der Waals surface area contributed by atoms with E-state index in [1.54, 1.807) is 0 Å². The Morgan fingerprint density at radius 1 is 1.32 bits per heavy atom. The van der Waals surface area contributed by atoms with Crippen LogP contribution >= 0.6 is 11.6 Å². The van der Waals surface area contributed by atoms with E-state index in [-0.39, 0.29) is 5.91 Å². The minimum absolute atomic E-state index is 0.143. The van der Waals surface area contributed by atoms with Gasteiger partial charge in [0.2, 0.25) is 5.91 Å². The molecular weight excluding hydrogens is 338 g/mol. The molecule has 4 rings (SSSR count). The fourth-order valence-corrected chi connectivity index (χ4v) is 3.91. The Bertz CT molecular complexity index is 787. The number of carbonyl (C=O) groups is 1. The highest BCUT2D eigenvalue weighted by molar-refractivity contribution is 6.30. The Hall–Kier alpha value is -2.01. The van der Waals surface area contributed by atoms with E-state index in [0.29, 0.717) is 37.6 Å². The van der Waals surface area contributed by atoms with Crippen LogP contribution in [0.2, 0.25) is 5.02 Å². The van der Waals surface area contributed by atoms with Crippen molar-refractivity contribution in [1.82, 2.24) is 15.1 Å². The van der Waals surface area contributed by atoms with Gasteiger partial charge in [0, 0.05) is 35.7 Å². The largest absolute Gasteiger partial charge is 0.491 e. The second-order valence-electron chi connectivity index (χ2n) is 6.75. The van der Waals surface area contributed by atoms with Gasteiger partial charge in [-0.1, -0.05) is 11.6 Å². The average Bonchev–Trinajstić information content (AvgIpc) is 2.91. The maximum Gasteiger partial charge on any atom is 0.223 e. The molecule has 2 heterocycles. The second kappa shape index (κ2) is 7.08. The number of carbonyl (C=O) groups excluding carboxylic acids is 1. The average molecular weight is 360 g/mol. The first-order valence-electron chi connectivity index (χ1n) is 8.94. The van der Waals surface area contributed by atoms with Crippen LogP contribution in [0.15, 0.2) is 18.2 Å². The molecule has 0 atom stereocenters. The number of ether oxygens (including phenoxy) is 1.